The number of nitrogens with one attached hydrogen (secondary N) is 4. The first-order valence-corrected chi connectivity index (χ1v) is 11.7. The predicted octanol–water partition coefficient (Wildman–Crippen LogP) is 4.30. The number of aromatic amines is 4. The van der Waals surface area contributed by atoms with Crippen molar-refractivity contribution in [2.45, 2.75) is 26.4 Å². The van der Waals surface area contributed by atoms with Crippen molar-refractivity contribution in [3.8, 4) is 5.75 Å². The van der Waals surface area contributed by atoms with Crippen LogP contribution in [0.5, 0.6) is 5.75 Å². The van der Waals surface area contributed by atoms with E-state index in [1.807, 2.05) is 56.3 Å². The summed E-state index contributed by atoms with van der Waals surface area (Å²) < 4.78 is 7.92. The Bertz CT molecular complexity index is 1260. The highest BCUT2D eigenvalue weighted by atomic mass is 127. The Morgan fingerprint density at radius 3 is 1.81 bits per heavy atom. The number of hydrogen-bond donors (Lipinski definition) is 4. The van der Waals surface area contributed by atoms with Gasteiger partial charge < -0.3 is 14.9 Å². The lowest BCUT2D eigenvalue weighted by Crippen LogP contribution is -2.20. The molecule has 0 atom stereocenters. The smallest absolute Gasteiger partial charge is 0.268 e. The summed E-state index contributed by atoms with van der Waals surface area (Å²) in [6.45, 7) is 4.11. The molecule has 31 heavy (non-hydrogen) atoms. The fourth-order valence-electron chi connectivity index (χ4n) is 3.70. The predicted molar refractivity (Wildman–Crippen MR) is 136 cm³/mol. The molecule has 2 aromatic heterocycles. The molecule has 0 aliphatic heterocycles. The van der Waals surface area contributed by atoms with Gasteiger partial charge in [0.1, 0.15) is 12.4 Å². The Kier molecular flexibility index (Phi) is 6.42. The minimum atomic E-state index is -0.518. The topological polar surface area (TPSA) is 107 Å². The Hall–Kier alpha value is -2.28. The van der Waals surface area contributed by atoms with Gasteiger partial charge in [-0.3, -0.25) is 19.8 Å². The van der Waals surface area contributed by atoms with Crippen LogP contribution in [0.1, 0.15) is 39.6 Å². The summed E-state index contributed by atoms with van der Waals surface area (Å²) in [6.07, 6.45) is 0. The van der Waals surface area contributed by atoms with E-state index in [1.165, 1.54) is 0 Å². The second kappa shape index (κ2) is 9.07. The molecule has 2 aromatic carbocycles. The number of aryl methyl sites for hydroxylation is 2. The van der Waals surface area contributed by atoms with E-state index < -0.39 is 5.92 Å². The van der Waals surface area contributed by atoms with E-state index in [0.717, 1.165) is 24.0 Å². The first kappa shape index (κ1) is 21.9. The Balaban J connectivity index is 1.79. The third kappa shape index (κ3) is 4.38. The van der Waals surface area contributed by atoms with Gasteiger partial charge in [0, 0.05) is 17.3 Å². The van der Waals surface area contributed by atoms with Crippen LogP contribution in [-0.4, -0.2) is 20.4 Å². The minimum Gasteiger partial charge on any atom is -0.487 e. The van der Waals surface area contributed by atoms with Gasteiger partial charge >= 0.3 is 0 Å². The molecular formula is C22H20I2N4O3. The van der Waals surface area contributed by atoms with Crippen molar-refractivity contribution in [2.24, 2.45) is 0 Å². The molecule has 0 amide bonds. The van der Waals surface area contributed by atoms with Gasteiger partial charge in [-0.2, -0.15) is 0 Å². The summed E-state index contributed by atoms with van der Waals surface area (Å²) in [6, 6.07) is 13.9. The molecule has 9 heteroatoms. The number of ether oxygens (including phenoxy) is 1. The monoisotopic (exact) mass is 642 g/mol. The summed E-state index contributed by atoms with van der Waals surface area (Å²) in [5.41, 5.74) is 3.90. The van der Waals surface area contributed by atoms with Gasteiger partial charge in [0.2, 0.25) is 0 Å². The van der Waals surface area contributed by atoms with Crippen molar-refractivity contribution >= 4 is 45.2 Å². The number of benzene rings is 2. The lowest BCUT2D eigenvalue weighted by Gasteiger charge is -2.19. The number of rotatable bonds is 6. The standard InChI is InChI=1S/C22H20I2N4O3/c1-11-17(21(29)27-25-11)19(18-12(2)26-28-22(18)30)14-8-15(23)20(16(24)9-14)31-10-13-6-4-3-5-7-13/h3-9,19H,10H2,1-2H3,(H2,25,27,29)(H2,26,28,30). The molecule has 2 heterocycles. The van der Waals surface area contributed by atoms with Gasteiger partial charge in [0.15, 0.2) is 0 Å². The maximum Gasteiger partial charge on any atom is 0.268 e. The molecule has 4 aromatic rings. The first-order chi connectivity index (χ1) is 14.9. The number of H-pyrrole nitrogens is 4. The second-order valence-corrected chi connectivity index (χ2v) is 9.58. The molecule has 0 aliphatic rings. The molecule has 0 radical (unpaired) electrons. The van der Waals surface area contributed by atoms with Crippen molar-refractivity contribution in [3.63, 3.8) is 0 Å². The van der Waals surface area contributed by atoms with E-state index in [0.29, 0.717) is 29.1 Å². The average Bonchev–Trinajstić information content (AvgIpc) is 3.25. The third-order valence-electron chi connectivity index (χ3n) is 5.18. The Morgan fingerprint density at radius 1 is 0.839 bits per heavy atom. The van der Waals surface area contributed by atoms with Crippen molar-refractivity contribution in [1.82, 2.24) is 20.4 Å². The lowest BCUT2D eigenvalue weighted by atomic mass is 9.85. The lowest BCUT2D eigenvalue weighted by molar-refractivity contribution is 0.301. The van der Waals surface area contributed by atoms with E-state index in [-0.39, 0.29) is 11.1 Å². The molecule has 160 valence electrons. The van der Waals surface area contributed by atoms with Crippen LogP contribution >= 0.6 is 45.2 Å². The van der Waals surface area contributed by atoms with Crippen molar-refractivity contribution in [1.29, 1.82) is 0 Å². The van der Waals surface area contributed by atoms with E-state index in [4.69, 9.17) is 4.74 Å². The number of hydrogen-bond acceptors (Lipinski definition) is 3. The molecule has 0 aliphatic carbocycles. The summed E-state index contributed by atoms with van der Waals surface area (Å²) >= 11 is 4.48. The van der Waals surface area contributed by atoms with Crippen LogP contribution in [0, 0.1) is 21.0 Å². The van der Waals surface area contributed by atoms with Gasteiger partial charge in [0.05, 0.1) is 18.3 Å². The first-order valence-electron chi connectivity index (χ1n) is 9.56. The molecule has 0 unspecified atom stereocenters. The highest BCUT2D eigenvalue weighted by Crippen LogP contribution is 2.37. The maximum absolute atomic E-state index is 12.6. The molecule has 4 rings (SSSR count). The molecule has 4 N–H and O–H groups in total. The third-order valence-corrected chi connectivity index (χ3v) is 6.78. The quantitative estimate of drug-likeness (QED) is 0.236. The number of aromatic nitrogens is 4. The van der Waals surface area contributed by atoms with Crippen molar-refractivity contribution in [2.75, 3.05) is 0 Å². The summed E-state index contributed by atoms with van der Waals surface area (Å²) in [5, 5.41) is 11.0. The summed E-state index contributed by atoms with van der Waals surface area (Å²) in [7, 11) is 0. The van der Waals surface area contributed by atoms with Crippen LogP contribution in [0.25, 0.3) is 0 Å². The fourth-order valence-corrected chi connectivity index (χ4v) is 5.83. The fraction of sp³-hybridized carbons (Fsp3) is 0.182. The number of halogens is 2. The van der Waals surface area contributed by atoms with Gasteiger partial charge in [0.25, 0.3) is 11.1 Å². The highest BCUT2D eigenvalue weighted by molar-refractivity contribution is 14.1. The van der Waals surface area contributed by atoms with E-state index >= 15 is 0 Å². The molecular weight excluding hydrogens is 622 g/mol. The van der Waals surface area contributed by atoms with Crippen molar-refractivity contribution < 1.29 is 4.74 Å². The SMILES string of the molecule is Cc1[nH][nH]c(=O)c1C(c1cc(I)c(OCc2ccccc2)c(I)c1)c1c(C)[nH][nH]c1=O. The zero-order valence-electron chi connectivity index (χ0n) is 16.8. The summed E-state index contributed by atoms with van der Waals surface area (Å²) in [4.78, 5) is 25.3. The van der Waals surface area contributed by atoms with E-state index in [2.05, 4.69) is 65.6 Å². The minimum absolute atomic E-state index is 0.239. The molecule has 0 saturated heterocycles. The van der Waals surface area contributed by atoms with Crippen molar-refractivity contribution in [3.05, 3.63) is 104 Å². The second-order valence-electron chi connectivity index (χ2n) is 7.26. The van der Waals surface area contributed by atoms with Crippen LogP contribution in [-0.2, 0) is 6.61 Å². The molecule has 0 spiro atoms. The largest absolute Gasteiger partial charge is 0.487 e. The van der Waals surface area contributed by atoms with E-state index in [1.54, 1.807) is 0 Å². The van der Waals surface area contributed by atoms with Crippen LogP contribution in [0.2, 0.25) is 0 Å². The summed E-state index contributed by atoms with van der Waals surface area (Å²) in [5.74, 6) is 0.266. The zero-order chi connectivity index (χ0) is 22.1. The van der Waals surface area contributed by atoms with Gasteiger partial charge in [-0.05, 0) is 82.3 Å². The molecule has 0 fully saturated rings. The molecule has 0 saturated carbocycles. The normalized spacial score (nSPS) is 11.3. The molecule has 0 bridgehead atoms. The molecule has 7 nitrogen and oxygen atoms in total. The highest BCUT2D eigenvalue weighted by Gasteiger charge is 2.29. The van der Waals surface area contributed by atoms with Crippen LogP contribution in [0.3, 0.4) is 0 Å². The maximum atomic E-state index is 12.6. The van der Waals surface area contributed by atoms with Crippen LogP contribution in [0.4, 0.5) is 0 Å². The Labute approximate surface area is 205 Å². The van der Waals surface area contributed by atoms with Gasteiger partial charge in [-0.25, -0.2) is 0 Å². The van der Waals surface area contributed by atoms with Gasteiger partial charge in [-0.1, -0.05) is 30.3 Å². The Morgan fingerprint density at radius 2 is 1.35 bits per heavy atom. The average molecular weight is 642 g/mol. The van der Waals surface area contributed by atoms with E-state index in [9.17, 15) is 9.59 Å². The van der Waals surface area contributed by atoms with Crippen LogP contribution in [0.15, 0.2) is 52.1 Å². The zero-order valence-corrected chi connectivity index (χ0v) is 21.1. The van der Waals surface area contributed by atoms with Crippen LogP contribution < -0.4 is 15.9 Å². The van der Waals surface area contributed by atoms with Gasteiger partial charge in [-0.15, -0.1) is 0 Å².